The molecule has 0 saturated carbocycles. The van der Waals surface area contributed by atoms with E-state index in [9.17, 15) is 9.59 Å². The number of carbonyl (C=O) groups is 2. The van der Waals surface area contributed by atoms with Crippen LogP contribution in [0.4, 0.5) is 0 Å². The lowest BCUT2D eigenvalue weighted by Crippen LogP contribution is -2.50. The molecular formula is C22H21N3O4S. The Labute approximate surface area is 179 Å². The zero-order valence-electron chi connectivity index (χ0n) is 16.3. The molecule has 0 aliphatic rings. The van der Waals surface area contributed by atoms with Crippen LogP contribution in [-0.4, -0.2) is 30.1 Å². The van der Waals surface area contributed by atoms with E-state index in [1.165, 1.54) is 0 Å². The molecule has 30 heavy (non-hydrogen) atoms. The van der Waals surface area contributed by atoms with Crippen molar-refractivity contribution in [2.45, 2.75) is 6.92 Å². The average Bonchev–Trinajstić information content (AvgIpc) is 2.75. The van der Waals surface area contributed by atoms with Gasteiger partial charge in [-0.25, -0.2) is 0 Å². The Balaban J connectivity index is 1.35. The number of amides is 2. The minimum absolute atomic E-state index is 0.0495. The van der Waals surface area contributed by atoms with Crippen LogP contribution in [0.15, 0.2) is 66.7 Å². The van der Waals surface area contributed by atoms with Crippen LogP contribution in [0, 0.1) is 6.92 Å². The molecule has 2 amide bonds. The van der Waals surface area contributed by atoms with Crippen LogP contribution in [0.1, 0.15) is 5.56 Å². The van der Waals surface area contributed by atoms with Crippen molar-refractivity contribution in [2.24, 2.45) is 0 Å². The third kappa shape index (κ3) is 6.46. The molecule has 0 fully saturated rings. The third-order valence-corrected chi connectivity index (χ3v) is 4.25. The van der Waals surface area contributed by atoms with E-state index in [4.69, 9.17) is 21.7 Å². The molecule has 0 radical (unpaired) electrons. The number of hydrazine groups is 1. The van der Waals surface area contributed by atoms with Crippen LogP contribution in [0.3, 0.4) is 0 Å². The van der Waals surface area contributed by atoms with Gasteiger partial charge in [0.15, 0.2) is 18.3 Å². The number of ether oxygens (including phenoxy) is 2. The maximum absolute atomic E-state index is 11.9. The molecule has 0 heterocycles. The molecule has 0 bridgehead atoms. The van der Waals surface area contributed by atoms with E-state index >= 15 is 0 Å². The summed E-state index contributed by atoms with van der Waals surface area (Å²) in [5, 5.41) is 4.47. The highest BCUT2D eigenvalue weighted by Crippen LogP contribution is 2.20. The van der Waals surface area contributed by atoms with Gasteiger partial charge in [0.05, 0.1) is 0 Å². The first kappa shape index (κ1) is 21.1. The van der Waals surface area contributed by atoms with Crippen molar-refractivity contribution in [1.29, 1.82) is 0 Å². The zero-order chi connectivity index (χ0) is 21.3. The van der Waals surface area contributed by atoms with Gasteiger partial charge in [-0.05, 0) is 54.2 Å². The van der Waals surface area contributed by atoms with E-state index in [0.29, 0.717) is 11.5 Å². The first-order chi connectivity index (χ1) is 14.5. The number of carbonyl (C=O) groups excluding carboxylic acids is 2. The van der Waals surface area contributed by atoms with Gasteiger partial charge in [-0.1, -0.05) is 48.0 Å². The molecule has 0 aliphatic heterocycles. The van der Waals surface area contributed by atoms with Crippen LogP contribution >= 0.6 is 12.2 Å². The number of benzene rings is 3. The summed E-state index contributed by atoms with van der Waals surface area (Å²) in [7, 11) is 0. The number of hydrogen-bond donors (Lipinski definition) is 3. The van der Waals surface area contributed by atoms with Crippen LogP contribution < -0.4 is 25.6 Å². The highest BCUT2D eigenvalue weighted by atomic mass is 32.1. The van der Waals surface area contributed by atoms with Gasteiger partial charge in [0, 0.05) is 0 Å². The minimum Gasteiger partial charge on any atom is -0.484 e. The van der Waals surface area contributed by atoms with Crippen molar-refractivity contribution in [3.63, 3.8) is 0 Å². The summed E-state index contributed by atoms with van der Waals surface area (Å²) >= 11 is 4.97. The normalized spacial score (nSPS) is 10.2. The number of aryl methyl sites for hydroxylation is 1. The zero-order valence-corrected chi connectivity index (χ0v) is 17.1. The summed E-state index contributed by atoms with van der Waals surface area (Å²) in [6.07, 6.45) is 0. The van der Waals surface area contributed by atoms with Crippen LogP contribution in [0.2, 0.25) is 0 Å². The summed E-state index contributed by atoms with van der Waals surface area (Å²) in [5.74, 6) is 0.257. The van der Waals surface area contributed by atoms with Crippen LogP contribution in [0.25, 0.3) is 10.8 Å². The largest absolute Gasteiger partial charge is 0.484 e. The molecule has 8 heteroatoms. The fraction of sp³-hybridized carbons (Fsp3) is 0.136. The number of fused-ring (bicyclic) bond motifs is 1. The van der Waals surface area contributed by atoms with E-state index in [2.05, 4.69) is 16.2 Å². The Hall–Kier alpha value is -3.65. The SMILES string of the molecule is Cc1ccc(OCC(=O)NC(=S)NNC(=O)COc2ccc3ccccc3c2)cc1. The Morgan fingerprint density at radius 1 is 0.800 bits per heavy atom. The van der Waals surface area contributed by atoms with Crippen molar-refractivity contribution in [1.82, 2.24) is 16.2 Å². The first-order valence-corrected chi connectivity index (χ1v) is 9.60. The highest BCUT2D eigenvalue weighted by Gasteiger charge is 2.08. The van der Waals surface area contributed by atoms with E-state index in [1.54, 1.807) is 18.2 Å². The topological polar surface area (TPSA) is 88.7 Å². The lowest BCUT2D eigenvalue weighted by Gasteiger charge is -2.12. The fourth-order valence-corrected chi connectivity index (χ4v) is 2.71. The van der Waals surface area contributed by atoms with E-state index < -0.39 is 11.8 Å². The molecule has 3 aromatic rings. The first-order valence-electron chi connectivity index (χ1n) is 9.19. The van der Waals surface area contributed by atoms with Gasteiger partial charge in [0.25, 0.3) is 11.8 Å². The maximum Gasteiger partial charge on any atom is 0.276 e. The average molecular weight is 423 g/mol. The number of hydrogen-bond acceptors (Lipinski definition) is 5. The Morgan fingerprint density at radius 3 is 2.20 bits per heavy atom. The molecule has 7 nitrogen and oxygen atoms in total. The smallest absolute Gasteiger partial charge is 0.276 e. The summed E-state index contributed by atoms with van der Waals surface area (Å²) in [5.41, 5.74) is 5.91. The Bertz CT molecular complexity index is 1050. The summed E-state index contributed by atoms with van der Waals surface area (Å²) in [4.78, 5) is 23.8. The second kappa shape index (κ2) is 10.2. The van der Waals surface area contributed by atoms with Gasteiger partial charge >= 0.3 is 0 Å². The quantitative estimate of drug-likeness (QED) is 0.417. The second-order valence-corrected chi connectivity index (χ2v) is 6.86. The van der Waals surface area contributed by atoms with Crippen LogP contribution in [0.5, 0.6) is 11.5 Å². The van der Waals surface area contributed by atoms with E-state index in [0.717, 1.165) is 16.3 Å². The van der Waals surface area contributed by atoms with Gasteiger partial charge in [-0.15, -0.1) is 0 Å². The molecule has 3 rings (SSSR count). The number of rotatable bonds is 6. The van der Waals surface area contributed by atoms with Crippen LogP contribution in [-0.2, 0) is 9.59 Å². The predicted molar refractivity (Wildman–Crippen MR) is 118 cm³/mol. The van der Waals surface area contributed by atoms with Gasteiger partial charge in [-0.3, -0.25) is 25.8 Å². The van der Waals surface area contributed by atoms with Crippen molar-refractivity contribution < 1.29 is 19.1 Å². The third-order valence-electron chi connectivity index (χ3n) is 4.05. The van der Waals surface area contributed by atoms with Crippen molar-refractivity contribution in [3.05, 3.63) is 72.3 Å². The van der Waals surface area contributed by atoms with Crippen molar-refractivity contribution in [3.8, 4) is 11.5 Å². The lowest BCUT2D eigenvalue weighted by molar-refractivity contribution is -0.124. The van der Waals surface area contributed by atoms with Crippen molar-refractivity contribution >= 4 is 39.9 Å². The molecule has 0 aliphatic carbocycles. The molecule has 0 atom stereocenters. The van der Waals surface area contributed by atoms with Gasteiger partial charge in [0.2, 0.25) is 0 Å². The van der Waals surface area contributed by atoms with E-state index in [1.807, 2.05) is 55.5 Å². The van der Waals surface area contributed by atoms with Crippen molar-refractivity contribution in [2.75, 3.05) is 13.2 Å². The van der Waals surface area contributed by atoms with Gasteiger partial charge in [-0.2, -0.15) is 0 Å². The minimum atomic E-state index is -0.449. The lowest BCUT2D eigenvalue weighted by atomic mass is 10.1. The highest BCUT2D eigenvalue weighted by molar-refractivity contribution is 7.80. The van der Waals surface area contributed by atoms with Gasteiger partial charge < -0.3 is 9.47 Å². The molecule has 3 aromatic carbocycles. The summed E-state index contributed by atoms with van der Waals surface area (Å²) in [6.45, 7) is 1.55. The fourth-order valence-electron chi connectivity index (χ4n) is 2.55. The molecular weight excluding hydrogens is 402 g/mol. The summed E-state index contributed by atoms with van der Waals surface area (Å²) in [6, 6.07) is 20.7. The molecule has 154 valence electrons. The Morgan fingerprint density at radius 2 is 1.43 bits per heavy atom. The molecule has 3 N–H and O–H groups in total. The molecule has 0 aromatic heterocycles. The standard InChI is InChI=1S/C22H21N3O4S/c1-15-6-9-18(10-7-15)28-13-20(26)23-22(30)25-24-21(27)14-29-19-11-8-16-4-2-3-5-17(16)12-19/h2-12H,13-14H2,1H3,(H,24,27)(H2,23,25,26,30). The van der Waals surface area contributed by atoms with Gasteiger partial charge in [0.1, 0.15) is 11.5 Å². The molecule has 0 unspecified atom stereocenters. The monoisotopic (exact) mass is 423 g/mol. The predicted octanol–water partition coefficient (Wildman–Crippen LogP) is 2.63. The second-order valence-electron chi connectivity index (χ2n) is 6.45. The molecule has 0 saturated heterocycles. The number of thiocarbonyl (C=S) groups is 1. The maximum atomic E-state index is 11.9. The molecule has 0 spiro atoms. The Kier molecular flexibility index (Phi) is 7.18. The van der Waals surface area contributed by atoms with E-state index in [-0.39, 0.29) is 18.3 Å². The summed E-state index contributed by atoms with van der Waals surface area (Å²) < 4.78 is 10.8. The number of nitrogens with one attached hydrogen (secondary N) is 3.